The number of benzene rings is 1. The van der Waals surface area contributed by atoms with Crippen LogP contribution in [-0.2, 0) is 10.0 Å². The summed E-state index contributed by atoms with van der Waals surface area (Å²) in [7, 11) is -3.30. The molecule has 17 heavy (non-hydrogen) atoms. The van der Waals surface area contributed by atoms with Gasteiger partial charge in [0.25, 0.3) is 0 Å². The van der Waals surface area contributed by atoms with Crippen molar-refractivity contribution < 1.29 is 8.42 Å². The molecule has 0 saturated heterocycles. The van der Waals surface area contributed by atoms with Crippen molar-refractivity contribution in [1.29, 1.82) is 0 Å². The summed E-state index contributed by atoms with van der Waals surface area (Å²) in [5, 5.41) is 2.98. The first-order valence-electron chi connectivity index (χ1n) is 5.11. The molecular weight excluding hydrogens is 372 g/mol. The van der Waals surface area contributed by atoms with Crippen LogP contribution in [0, 0.1) is 0 Å². The number of hydrogen-bond donors (Lipinski definition) is 2. The number of halogens is 2. The summed E-state index contributed by atoms with van der Waals surface area (Å²) in [4.78, 5) is 0. The van der Waals surface area contributed by atoms with Crippen LogP contribution in [0.3, 0.4) is 0 Å². The molecule has 1 rings (SSSR count). The van der Waals surface area contributed by atoms with Crippen LogP contribution < -0.4 is 10.0 Å². The van der Waals surface area contributed by atoms with Crippen LogP contribution in [0.25, 0.3) is 0 Å². The predicted molar refractivity (Wildman–Crippen MR) is 77.8 cm³/mol. The molecule has 0 saturated carbocycles. The highest BCUT2D eigenvalue weighted by atomic mass is 79.9. The molecule has 0 aliphatic carbocycles. The minimum Gasteiger partial charge on any atom is -0.316 e. The van der Waals surface area contributed by atoms with E-state index in [1.807, 2.05) is 6.92 Å². The first-order valence-corrected chi connectivity index (χ1v) is 8.34. The topological polar surface area (TPSA) is 58.2 Å². The third-order valence-electron chi connectivity index (χ3n) is 1.99. The Hall–Kier alpha value is -0.110. The van der Waals surface area contributed by atoms with Crippen molar-refractivity contribution in [3.8, 4) is 0 Å². The van der Waals surface area contributed by atoms with Crippen LogP contribution in [0.1, 0.15) is 6.92 Å². The van der Waals surface area contributed by atoms with Gasteiger partial charge in [-0.1, -0.05) is 22.9 Å². The van der Waals surface area contributed by atoms with Crippen molar-refractivity contribution in [3.63, 3.8) is 0 Å². The Balaban J connectivity index is 2.69. The summed E-state index contributed by atoms with van der Waals surface area (Å²) in [6, 6.07) is 5.29. The molecule has 0 aliphatic rings. The van der Waals surface area contributed by atoms with Crippen LogP contribution in [0.15, 0.2) is 27.1 Å². The SMILES string of the molecule is CCNCCS(=O)(=O)Nc1ccc(Br)cc1Br. The third kappa shape index (κ3) is 5.37. The van der Waals surface area contributed by atoms with Gasteiger partial charge < -0.3 is 5.32 Å². The van der Waals surface area contributed by atoms with Crippen molar-refractivity contribution in [1.82, 2.24) is 5.32 Å². The molecule has 0 aromatic heterocycles. The van der Waals surface area contributed by atoms with E-state index in [1.54, 1.807) is 18.2 Å². The maximum atomic E-state index is 11.7. The molecule has 0 fully saturated rings. The number of sulfonamides is 1. The first kappa shape index (κ1) is 14.9. The van der Waals surface area contributed by atoms with Crippen LogP contribution in [0.5, 0.6) is 0 Å². The van der Waals surface area contributed by atoms with E-state index in [4.69, 9.17) is 0 Å². The van der Waals surface area contributed by atoms with E-state index in [9.17, 15) is 8.42 Å². The van der Waals surface area contributed by atoms with Gasteiger partial charge in [0.05, 0.1) is 11.4 Å². The normalized spacial score (nSPS) is 11.5. The highest BCUT2D eigenvalue weighted by Crippen LogP contribution is 2.26. The van der Waals surface area contributed by atoms with Gasteiger partial charge in [-0.15, -0.1) is 0 Å². The molecule has 0 heterocycles. The molecule has 0 bridgehead atoms. The smallest absolute Gasteiger partial charge is 0.234 e. The van der Waals surface area contributed by atoms with Crippen molar-refractivity contribution in [3.05, 3.63) is 27.1 Å². The fourth-order valence-electron chi connectivity index (χ4n) is 1.17. The highest BCUT2D eigenvalue weighted by Gasteiger charge is 2.11. The Labute approximate surface area is 118 Å². The van der Waals surface area contributed by atoms with Gasteiger partial charge in [0.15, 0.2) is 0 Å². The Morgan fingerprint density at radius 1 is 1.29 bits per heavy atom. The van der Waals surface area contributed by atoms with Gasteiger partial charge in [-0.3, -0.25) is 4.72 Å². The molecule has 4 nitrogen and oxygen atoms in total. The summed E-state index contributed by atoms with van der Waals surface area (Å²) >= 11 is 6.62. The maximum Gasteiger partial charge on any atom is 0.234 e. The van der Waals surface area contributed by atoms with E-state index in [1.165, 1.54) is 0 Å². The summed E-state index contributed by atoms with van der Waals surface area (Å²) < 4.78 is 27.6. The number of nitrogens with one attached hydrogen (secondary N) is 2. The van der Waals surface area contributed by atoms with Gasteiger partial charge in [-0.2, -0.15) is 0 Å². The lowest BCUT2D eigenvalue weighted by Crippen LogP contribution is -2.26. The molecular formula is C10H14Br2N2O2S. The molecule has 2 N–H and O–H groups in total. The predicted octanol–water partition coefficient (Wildman–Crippen LogP) is 2.56. The maximum absolute atomic E-state index is 11.7. The van der Waals surface area contributed by atoms with Gasteiger partial charge in [-0.05, 0) is 40.7 Å². The quantitative estimate of drug-likeness (QED) is 0.740. The lowest BCUT2D eigenvalue weighted by molar-refractivity contribution is 0.597. The van der Waals surface area contributed by atoms with Gasteiger partial charge in [0.2, 0.25) is 10.0 Å². The van der Waals surface area contributed by atoms with Crippen LogP contribution >= 0.6 is 31.9 Å². The van der Waals surface area contributed by atoms with E-state index in [-0.39, 0.29) is 5.75 Å². The average molecular weight is 386 g/mol. The molecule has 0 aliphatic heterocycles. The number of hydrogen-bond acceptors (Lipinski definition) is 3. The molecule has 1 aromatic carbocycles. The fourth-order valence-corrected chi connectivity index (χ4v) is 3.48. The summed E-state index contributed by atoms with van der Waals surface area (Å²) in [5.74, 6) is 0.0589. The van der Waals surface area contributed by atoms with Crippen molar-refractivity contribution in [2.24, 2.45) is 0 Å². The molecule has 0 radical (unpaired) electrons. The lowest BCUT2D eigenvalue weighted by Gasteiger charge is -2.10. The molecule has 0 atom stereocenters. The van der Waals surface area contributed by atoms with Gasteiger partial charge >= 0.3 is 0 Å². The fraction of sp³-hybridized carbons (Fsp3) is 0.400. The van der Waals surface area contributed by atoms with Crippen molar-refractivity contribution in [2.75, 3.05) is 23.6 Å². The number of rotatable bonds is 6. The standard InChI is InChI=1S/C10H14Br2N2O2S/c1-2-13-5-6-17(15,16)14-10-4-3-8(11)7-9(10)12/h3-4,7,13-14H,2,5-6H2,1H3. The molecule has 96 valence electrons. The Kier molecular flexibility index (Phi) is 5.91. The van der Waals surface area contributed by atoms with Crippen LogP contribution in [0.4, 0.5) is 5.69 Å². The zero-order valence-corrected chi connectivity index (χ0v) is 13.3. The minimum atomic E-state index is -3.30. The van der Waals surface area contributed by atoms with E-state index >= 15 is 0 Å². The van der Waals surface area contributed by atoms with Gasteiger partial charge in [0, 0.05) is 15.5 Å². The molecule has 0 amide bonds. The summed E-state index contributed by atoms with van der Waals surface area (Å²) in [6.07, 6.45) is 0. The number of anilines is 1. The monoisotopic (exact) mass is 384 g/mol. The van der Waals surface area contributed by atoms with Gasteiger partial charge in [0.1, 0.15) is 0 Å². The van der Waals surface area contributed by atoms with Crippen LogP contribution in [0.2, 0.25) is 0 Å². The second-order valence-electron chi connectivity index (χ2n) is 3.40. The van der Waals surface area contributed by atoms with E-state index in [0.29, 0.717) is 16.7 Å². The average Bonchev–Trinajstić information content (AvgIpc) is 2.22. The summed E-state index contributed by atoms with van der Waals surface area (Å²) in [5.41, 5.74) is 0.546. The zero-order valence-electron chi connectivity index (χ0n) is 9.33. The lowest BCUT2D eigenvalue weighted by atomic mass is 10.3. The summed E-state index contributed by atoms with van der Waals surface area (Å²) in [6.45, 7) is 3.14. The van der Waals surface area contributed by atoms with Crippen LogP contribution in [-0.4, -0.2) is 27.3 Å². The molecule has 7 heteroatoms. The van der Waals surface area contributed by atoms with Gasteiger partial charge in [-0.25, -0.2) is 8.42 Å². The Bertz CT molecular complexity index is 477. The van der Waals surface area contributed by atoms with E-state index < -0.39 is 10.0 Å². The highest BCUT2D eigenvalue weighted by molar-refractivity contribution is 9.11. The van der Waals surface area contributed by atoms with E-state index in [0.717, 1.165) is 11.0 Å². The van der Waals surface area contributed by atoms with Crippen molar-refractivity contribution in [2.45, 2.75) is 6.92 Å². The Morgan fingerprint density at radius 3 is 2.59 bits per heavy atom. The van der Waals surface area contributed by atoms with E-state index in [2.05, 4.69) is 41.9 Å². The second kappa shape index (κ2) is 6.72. The van der Waals surface area contributed by atoms with Crippen molar-refractivity contribution >= 4 is 47.6 Å². The molecule has 0 spiro atoms. The zero-order chi connectivity index (χ0) is 12.9. The Morgan fingerprint density at radius 2 is 2.00 bits per heavy atom. The first-order chi connectivity index (χ1) is 7.94. The largest absolute Gasteiger partial charge is 0.316 e. The third-order valence-corrected chi connectivity index (χ3v) is 4.42. The molecule has 0 unspecified atom stereocenters. The second-order valence-corrected chi connectivity index (χ2v) is 7.01. The molecule has 1 aromatic rings. The minimum absolute atomic E-state index is 0.0589.